The van der Waals surface area contributed by atoms with Crippen molar-refractivity contribution in [2.24, 2.45) is 4.99 Å². The Bertz CT molecular complexity index is 1530. The van der Waals surface area contributed by atoms with Gasteiger partial charge in [-0.1, -0.05) is 35.1 Å². The maximum absolute atomic E-state index is 13.7. The third-order valence-corrected chi connectivity index (χ3v) is 7.38. The molecule has 2 heterocycles. The van der Waals surface area contributed by atoms with Crippen molar-refractivity contribution in [1.82, 2.24) is 4.57 Å². The van der Waals surface area contributed by atoms with E-state index in [2.05, 4.69) is 20.9 Å². The van der Waals surface area contributed by atoms with Gasteiger partial charge < -0.3 is 14.2 Å². The van der Waals surface area contributed by atoms with E-state index in [4.69, 9.17) is 25.8 Å². The molecule has 0 N–H and O–H groups in total. The molecular formula is C25H22BrClN2O5S. The van der Waals surface area contributed by atoms with E-state index in [9.17, 15) is 9.59 Å². The molecule has 0 unspecified atom stereocenters. The SMILES string of the molecule is CCOC(=O)C1=C(C)N=c2s/c(=C/c3ccc(OC)c(Cl)c3)c(=O)n2[C@@H]1c1ccc(OC)c(Br)c1. The van der Waals surface area contributed by atoms with Gasteiger partial charge in [-0.05, 0) is 71.2 Å². The minimum absolute atomic E-state index is 0.206. The molecule has 0 saturated heterocycles. The van der Waals surface area contributed by atoms with Gasteiger partial charge in [0.15, 0.2) is 4.80 Å². The average molecular weight is 578 g/mol. The van der Waals surface area contributed by atoms with Crippen LogP contribution in [0.3, 0.4) is 0 Å². The number of aromatic nitrogens is 1. The lowest BCUT2D eigenvalue weighted by Crippen LogP contribution is -2.39. The predicted molar refractivity (Wildman–Crippen MR) is 139 cm³/mol. The first kappa shape index (κ1) is 25.2. The number of hydrogen-bond donors (Lipinski definition) is 0. The van der Waals surface area contributed by atoms with Crippen LogP contribution in [0.5, 0.6) is 11.5 Å². The van der Waals surface area contributed by atoms with E-state index in [1.807, 2.05) is 18.2 Å². The summed E-state index contributed by atoms with van der Waals surface area (Å²) in [6, 6.07) is 10.0. The predicted octanol–water partition coefficient (Wildman–Crippen LogP) is 4.23. The number of nitrogens with zero attached hydrogens (tertiary/aromatic N) is 2. The van der Waals surface area contributed by atoms with Gasteiger partial charge >= 0.3 is 5.97 Å². The van der Waals surface area contributed by atoms with Crippen LogP contribution in [-0.4, -0.2) is 31.4 Å². The van der Waals surface area contributed by atoms with Gasteiger partial charge in [-0.15, -0.1) is 0 Å². The average Bonchev–Trinajstić information content (AvgIpc) is 3.12. The summed E-state index contributed by atoms with van der Waals surface area (Å²) >= 11 is 11.0. The lowest BCUT2D eigenvalue weighted by molar-refractivity contribution is -0.139. The summed E-state index contributed by atoms with van der Waals surface area (Å²) in [6.45, 7) is 3.69. The Morgan fingerprint density at radius 2 is 1.91 bits per heavy atom. The van der Waals surface area contributed by atoms with Gasteiger partial charge in [0.2, 0.25) is 0 Å². The molecule has 182 valence electrons. The fourth-order valence-electron chi connectivity index (χ4n) is 3.88. The molecule has 0 spiro atoms. The highest BCUT2D eigenvalue weighted by Crippen LogP contribution is 2.35. The second-order valence-corrected chi connectivity index (χ2v) is 9.86. The van der Waals surface area contributed by atoms with Crippen LogP contribution in [0.1, 0.15) is 31.0 Å². The first-order valence-corrected chi connectivity index (χ1v) is 12.6. The highest BCUT2D eigenvalue weighted by atomic mass is 79.9. The number of ether oxygens (including phenoxy) is 3. The summed E-state index contributed by atoms with van der Waals surface area (Å²) in [4.78, 5) is 31.7. The normalized spacial score (nSPS) is 15.5. The van der Waals surface area contributed by atoms with Crippen LogP contribution in [0.15, 0.2) is 61.9 Å². The van der Waals surface area contributed by atoms with Gasteiger partial charge in [0.1, 0.15) is 11.5 Å². The first-order chi connectivity index (χ1) is 16.8. The third-order valence-electron chi connectivity index (χ3n) is 5.48. The first-order valence-electron chi connectivity index (χ1n) is 10.7. The van der Waals surface area contributed by atoms with Crippen molar-refractivity contribution in [3.63, 3.8) is 0 Å². The van der Waals surface area contributed by atoms with E-state index in [0.717, 1.165) is 11.1 Å². The molecular weight excluding hydrogens is 556 g/mol. The number of hydrogen-bond acceptors (Lipinski definition) is 7. The fraction of sp³-hybridized carbons (Fsp3) is 0.240. The van der Waals surface area contributed by atoms with Crippen LogP contribution >= 0.6 is 38.9 Å². The standard InChI is InChI=1S/C25H22BrClN2O5S/c1-5-34-24(31)21-13(2)28-25-29(22(21)15-7-9-18(32-3)16(26)12-15)23(30)20(35-25)11-14-6-8-19(33-4)17(27)10-14/h6-12,22H,5H2,1-4H3/b20-11+/t22-/m1/s1. The number of halogens is 2. The zero-order chi connectivity index (χ0) is 25.3. The Hall–Kier alpha value is -2.88. The van der Waals surface area contributed by atoms with Gasteiger partial charge in [0, 0.05) is 0 Å². The molecule has 0 radical (unpaired) electrons. The molecule has 1 aliphatic rings. The van der Waals surface area contributed by atoms with E-state index in [1.165, 1.54) is 15.9 Å². The topological polar surface area (TPSA) is 79.1 Å². The lowest BCUT2D eigenvalue weighted by atomic mass is 9.96. The van der Waals surface area contributed by atoms with Crippen molar-refractivity contribution >= 4 is 50.9 Å². The summed E-state index contributed by atoms with van der Waals surface area (Å²) < 4.78 is 18.6. The van der Waals surface area contributed by atoms with E-state index < -0.39 is 12.0 Å². The summed E-state index contributed by atoms with van der Waals surface area (Å²) in [5.74, 6) is 0.669. The Balaban J connectivity index is 1.94. The van der Waals surface area contributed by atoms with Crippen LogP contribution in [0.2, 0.25) is 5.02 Å². The van der Waals surface area contributed by atoms with E-state index >= 15 is 0 Å². The van der Waals surface area contributed by atoms with Crippen molar-refractivity contribution in [3.05, 3.63) is 88.0 Å². The van der Waals surface area contributed by atoms with Crippen LogP contribution < -0.4 is 24.4 Å². The van der Waals surface area contributed by atoms with Crippen molar-refractivity contribution < 1.29 is 19.0 Å². The molecule has 7 nitrogen and oxygen atoms in total. The highest BCUT2D eigenvalue weighted by Gasteiger charge is 2.33. The number of benzene rings is 2. The number of thiazole rings is 1. The van der Waals surface area contributed by atoms with Crippen LogP contribution in [0.25, 0.3) is 6.08 Å². The Kier molecular flexibility index (Phi) is 7.49. The van der Waals surface area contributed by atoms with Crippen LogP contribution in [0.4, 0.5) is 0 Å². The molecule has 1 atom stereocenters. The molecule has 0 saturated carbocycles. The number of allylic oxidation sites excluding steroid dienone is 1. The zero-order valence-electron chi connectivity index (χ0n) is 19.4. The van der Waals surface area contributed by atoms with Crippen molar-refractivity contribution in [1.29, 1.82) is 0 Å². The monoisotopic (exact) mass is 576 g/mol. The van der Waals surface area contributed by atoms with E-state index in [-0.39, 0.29) is 12.2 Å². The van der Waals surface area contributed by atoms with E-state index in [1.54, 1.807) is 52.3 Å². The molecule has 10 heteroatoms. The summed E-state index contributed by atoms with van der Waals surface area (Å²) in [5, 5.41) is 0.440. The summed E-state index contributed by atoms with van der Waals surface area (Å²) in [5.41, 5.74) is 2.00. The smallest absolute Gasteiger partial charge is 0.338 e. The third kappa shape index (κ3) is 4.80. The summed E-state index contributed by atoms with van der Waals surface area (Å²) in [6.07, 6.45) is 1.75. The Morgan fingerprint density at radius 3 is 2.54 bits per heavy atom. The Morgan fingerprint density at radius 1 is 1.20 bits per heavy atom. The molecule has 0 aliphatic carbocycles. The molecule has 1 aromatic heterocycles. The van der Waals surface area contributed by atoms with E-state index in [0.29, 0.717) is 41.6 Å². The van der Waals surface area contributed by atoms with Crippen molar-refractivity contribution in [3.8, 4) is 11.5 Å². The molecule has 3 aromatic rings. The highest BCUT2D eigenvalue weighted by molar-refractivity contribution is 9.10. The maximum atomic E-state index is 13.7. The second-order valence-electron chi connectivity index (χ2n) is 7.59. The number of esters is 1. The second kappa shape index (κ2) is 10.4. The number of methoxy groups -OCH3 is 2. The number of carbonyl (C=O) groups is 1. The molecule has 1 aliphatic heterocycles. The van der Waals surface area contributed by atoms with Gasteiger partial charge in [-0.3, -0.25) is 9.36 Å². The Labute approximate surface area is 219 Å². The zero-order valence-corrected chi connectivity index (χ0v) is 22.6. The summed E-state index contributed by atoms with van der Waals surface area (Å²) in [7, 11) is 3.11. The minimum Gasteiger partial charge on any atom is -0.496 e. The number of rotatable bonds is 6. The number of carbonyl (C=O) groups excluding carboxylic acids is 1. The van der Waals surface area contributed by atoms with Crippen LogP contribution in [-0.2, 0) is 9.53 Å². The van der Waals surface area contributed by atoms with Crippen molar-refractivity contribution in [2.75, 3.05) is 20.8 Å². The largest absolute Gasteiger partial charge is 0.496 e. The van der Waals surface area contributed by atoms with Crippen molar-refractivity contribution in [2.45, 2.75) is 19.9 Å². The fourth-order valence-corrected chi connectivity index (χ4v) is 5.75. The lowest BCUT2D eigenvalue weighted by Gasteiger charge is -2.25. The van der Waals surface area contributed by atoms with Gasteiger partial charge in [-0.2, -0.15) is 0 Å². The molecule has 0 bridgehead atoms. The minimum atomic E-state index is -0.714. The molecule has 35 heavy (non-hydrogen) atoms. The molecule has 0 amide bonds. The molecule has 0 fully saturated rings. The molecule has 2 aromatic carbocycles. The molecule has 4 rings (SSSR count). The van der Waals surface area contributed by atoms with Crippen LogP contribution in [0, 0.1) is 0 Å². The van der Waals surface area contributed by atoms with Gasteiger partial charge in [0.25, 0.3) is 5.56 Å². The number of fused-ring (bicyclic) bond motifs is 1. The maximum Gasteiger partial charge on any atom is 0.338 e. The van der Waals surface area contributed by atoms with Gasteiger partial charge in [0.05, 0.1) is 52.2 Å². The quantitative estimate of drug-likeness (QED) is 0.410. The van der Waals surface area contributed by atoms with Gasteiger partial charge in [-0.25, -0.2) is 9.79 Å².